The van der Waals surface area contributed by atoms with Crippen molar-refractivity contribution in [2.24, 2.45) is 5.92 Å². The summed E-state index contributed by atoms with van der Waals surface area (Å²) in [5.74, 6) is -0.406. The average molecular weight is 248 g/mol. The van der Waals surface area contributed by atoms with Crippen molar-refractivity contribution >= 4 is 5.97 Å². The second-order valence-corrected chi connectivity index (χ2v) is 5.33. The van der Waals surface area contributed by atoms with E-state index in [0.29, 0.717) is 12.3 Å². The predicted molar refractivity (Wildman–Crippen MR) is 69.3 cm³/mol. The topological polar surface area (TPSA) is 62.2 Å². The first kappa shape index (κ1) is 13.0. The van der Waals surface area contributed by atoms with E-state index in [1.807, 2.05) is 19.9 Å². The number of carboxylic acids is 1. The molecule has 0 aromatic carbocycles. The maximum atomic E-state index is 11.3. The molecule has 2 rings (SSSR count). The summed E-state index contributed by atoms with van der Waals surface area (Å²) in [5, 5.41) is 12.5. The molecule has 2 N–H and O–H groups in total. The molecule has 1 heterocycles. The SMILES string of the molecule is CC(C)CC(NC1CCc2cccnc21)C(=O)O. The van der Waals surface area contributed by atoms with Gasteiger partial charge in [0.15, 0.2) is 0 Å². The molecule has 4 nitrogen and oxygen atoms in total. The lowest BCUT2D eigenvalue weighted by Crippen LogP contribution is -2.39. The molecule has 0 bridgehead atoms. The number of aromatic nitrogens is 1. The monoisotopic (exact) mass is 248 g/mol. The van der Waals surface area contributed by atoms with Gasteiger partial charge in [-0.3, -0.25) is 15.1 Å². The van der Waals surface area contributed by atoms with E-state index in [2.05, 4.69) is 16.4 Å². The van der Waals surface area contributed by atoms with E-state index >= 15 is 0 Å². The van der Waals surface area contributed by atoms with Crippen molar-refractivity contribution in [1.29, 1.82) is 0 Å². The van der Waals surface area contributed by atoms with Crippen molar-refractivity contribution in [3.63, 3.8) is 0 Å². The van der Waals surface area contributed by atoms with Crippen molar-refractivity contribution in [3.8, 4) is 0 Å². The Morgan fingerprint density at radius 1 is 1.61 bits per heavy atom. The maximum absolute atomic E-state index is 11.3. The molecule has 4 heteroatoms. The summed E-state index contributed by atoms with van der Waals surface area (Å²) in [7, 11) is 0. The van der Waals surface area contributed by atoms with Crippen LogP contribution in [0.5, 0.6) is 0 Å². The van der Waals surface area contributed by atoms with E-state index in [4.69, 9.17) is 0 Å². The van der Waals surface area contributed by atoms with Crippen LogP contribution in [0.1, 0.15) is 44.0 Å². The zero-order valence-electron chi connectivity index (χ0n) is 10.9. The predicted octanol–water partition coefficient (Wildman–Crippen LogP) is 2.16. The molecule has 0 spiro atoms. The minimum absolute atomic E-state index is 0.0843. The van der Waals surface area contributed by atoms with E-state index in [0.717, 1.165) is 18.5 Å². The minimum Gasteiger partial charge on any atom is -0.480 e. The molecular formula is C14H20N2O2. The van der Waals surface area contributed by atoms with Crippen molar-refractivity contribution in [3.05, 3.63) is 29.6 Å². The highest BCUT2D eigenvalue weighted by atomic mass is 16.4. The fourth-order valence-corrected chi connectivity index (χ4v) is 2.53. The average Bonchev–Trinajstić information content (AvgIpc) is 2.71. The number of carbonyl (C=O) groups is 1. The zero-order chi connectivity index (χ0) is 13.1. The molecule has 2 atom stereocenters. The van der Waals surface area contributed by atoms with Crippen LogP contribution in [-0.4, -0.2) is 22.1 Å². The number of fused-ring (bicyclic) bond motifs is 1. The molecule has 0 saturated heterocycles. The number of aryl methyl sites for hydroxylation is 1. The number of hydrogen-bond donors (Lipinski definition) is 2. The Morgan fingerprint density at radius 2 is 2.39 bits per heavy atom. The Labute approximate surface area is 107 Å². The summed E-state index contributed by atoms with van der Waals surface area (Å²) < 4.78 is 0. The van der Waals surface area contributed by atoms with Crippen molar-refractivity contribution in [1.82, 2.24) is 10.3 Å². The lowest BCUT2D eigenvalue weighted by molar-refractivity contribution is -0.140. The first-order valence-electron chi connectivity index (χ1n) is 6.50. The van der Waals surface area contributed by atoms with Crippen LogP contribution in [0.15, 0.2) is 18.3 Å². The molecule has 2 unspecified atom stereocenters. The van der Waals surface area contributed by atoms with Gasteiger partial charge >= 0.3 is 5.97 Å². The molecule has 1 aliphatic carbocycles. The quantitative estimate of drug-likeness (QED) is 0.838. The van der Waals surface area contributed by atoms with Crippen LogP contribution >= 0.6 is 0 Å². The van der Waals surface area contributed by atoms with E-state index in [1.54, 1.807) is 6.20 Å². The number of pyridine rings is 1. The van der Waals surface area contributed by atoms with Crippen molar-refractivity contribution in [2.75, 3.05) is 0 Å². The highest BCUT2D eigenvalue weighted by Crippen LogP contribution is 2.29. The molecule has 18 heavy (non-hydrogen) atoms. The molecule has 1 aliphatic rings. The normalized spacial score (nSPS) is 19.8. The van der Waals surface area contributed by atoms with Gasteiger partial charge in [-0.05, 0) is 36.8 Å². The number of rotatable bonds is 5. The summed E-state index contributed by atoms with van der Waals surface area (Å²) in [6, 6.07) is 3.61. The number of nitrogens with zero attached hydrogens (tertiary/aromatic N) is 1. The van der Waals surface area contributed by atoms with Gasteiger partial charge in [0.25, 0.3) is 0 Å². The molecule has 1 aromatic heterocycles. The van der Waals surface area contributed by atoms with Gasteiger partial charge in [0, 0.05) is 6.20 Å². The van der Waals surface area contributed by atoms with E-state index in [-0.39, 0.29) is 6.04 Å². The highest BCUT2D eigenvalue weighted by Gasteiger charge is 2.28. The van der Waals surface area contributed by atoms with Crippen LogP contribution in [0, 0.1) is 5.92 Å². The second kappa shape index (κ2) is 5.48. The molecular weight excluding hydrogens is 228 g/mol. The zero-order valence-corrected chi connectivity index (χ0v) is 10.9. The van der Waals surface area contributed by atoms with Gasteiger partial charge in [-0.2, -0.15) is 0 Å². The summed E-state index contributed by atoms with van der Waals surface area (Å²) in [6.07, 6.45) is 4.34. The van der Waals surface area contributed by atoms with Gasteiger partial charge in [-0.1, -0.05) is 19.9 Å². The summed E-state index contributed by atoms with van der Waals surface area (Å²) in [6.45, 7) is 4.08. The smallest absolute Gasteiger partial charge is 0.320 e. The largest absolute Gasteiger partial charge is 0.480 e. The number of nitrogens with one attached hydrogen (secondary N) is 1. The summed E-state index contributed by atoms with van der Waals surface area (Å²) in [4.78, 5) is 15.6. The Bertz CT molecular complexity index is 432. The molecule has 0 radical (unpaired) electrons. The van der Waals surface area contributed by atoms with Crippen molar-refractivity contribution < 1.29 is 9.90 Å². The van der Waals surface area contributed by atoms with Crippen LogP contribution in [0.3, 0.4) is 0 Å². The van der Waals surface area contributed by atoms with Gasteiger partial charge in [0.2, 0.25) is 0 Å². The number of carboxylic acid groups (broad SMARTS) is 1. The van der Waals surface area contributed by atoms with E-state index in [1.165, 1.54) is 5.56 Å². The highest BCUT2D eigenvalue weighted by molar-refractivity contribution is 5.73. The van der Waals surface area contributed by atoms with E-state index in [9.17, 15) is 9.90 Å². The maximum Gasteiger partial charge on any atom is 0.320 e. The van der Waals surface area contributed by atoms with Crippen LogP contribution in [0.2, 0.25) is 0 Å². The molecule has 0 fully saturated rings. The first-order valence-corrected chi connectivity index (χ1v) is 6.50. The first-order chi connectivity index (χ1) is 8.58. The van der Waals surface area contributed by atoms with Crippen molar-refractivity contribution in [2.45, 2.75) is 45.2 Å². The van der Waals surface area contributed by atoms with E-state index < -0.39 is 12.0 Å². The second-order valence-electron chi connectivity index (χ2n) is 5.33. The Hall–Kier alpha value is -1.42. The van der Waals surface area contributed by atoms with Crippen LogP contribution in [0.25, 0.3) is 0 Å². The number of hydrogen-bond acceptors (Lipinski definition) is 3. The van der Waals surface area contributed by atoms with Gasteiger partial charge in [0.05, 0.1) is 11.7 Å². The van der Waals surface area contributed by atoms with Gasteiger partial charge < -0.3 is 5.11 Å². The van der Waals surface area contributed by atoms with Gasteiger partial charge in [0.1, 0.15) is 6.04 Å². The fourth-order valence-electron chi connectivity index (χ4n) is 2.53. The Morgan fingerprint density at radius 3 is 3.06 bits per heavy atom. The van der Waals surface area contributed by atoms with Crippen LogP contribution in [0.4, 0.5) is 0 Å². The third-order valence-corrected chi connectivity index (χ3v) is 3.37. The molecule has 0 amide bonds. The third-order valence-electron chi connectivity index (χ3n) is 3.37. The summed E-state index contributed by atoms with van der Waals surface area (Å²) >= 11 is 0. The molecule has 1 aromatic rings. The lowest BCUT2D eigenvalue weighted by atomic mass is 10.0. The standard InChI is InChI=1S/C14H20N2O2/c1-9(2)8-12(14(17)18)16-11-6-5-10-4-3-7-15-13(10)11/h3-4,7,9,11-12,16H,5-6,8H2,1-2H3,(H,17,18). The fraction of sp³-hybridized carbons (Fsp3) is 0.571. The third kappa shape index (κ3) is 2.88. The minimum atomic E-state index is -0.770. The van der Waals surface area contributed by atoms with Crippen LogP contribution in [-0.2, 0) is 11.2 Å². The molecule has 0 aliphatic heterocycles. The number of aliphatic carboxylic acids is 1. The lowest BCUT2D eigenvalue weighted by Gasteiger charge is -2.21. The Balaban J connectivity index is 2.07. The molecule has 98 valence electrons. The summed E-state index contributed by atoms with van der Waals surface area (Å²) in [5.41, 5.74) is 2.26. The molecule has 0 saturated carbocycles. The Kier molecular flexibility index (Phi) is 3.97. The van der Waals surface area contributed by atoms with Crippen LogP contribution < -0.4 is 5.32 Å². The van der Waals surface area contributed by atoms with Gasteiger partial charge in [-0.25, -0.2) is 0 Å². The van der Waals surface area contributed by atoms with Gasteiger partial charge in [-0.15, -0.1) is 0 Å².